The molecule has 34 valence electrons. The third-order valence-electron chi connectivity index (χ3n) is 0.363. The predicted octanol–water partition coefficient (Wildman–Crippen LogP) is -1.17. The minimum Gasteiger partial charge on any atom is -0.394 e. The topological polar surface area (TPSA) is 70.0 Å². The lowest BCUT2D eigenvalue weighted by atomic mass is 10.4. The average Bonchev–Trinajstić information content (AvgIpc) is 1.65. The highest BCUT2D eigenvalue weighted by Crippen LogP contribution is 1.64. The molecule has 0 amide bonds. The Morgan fingerprint density at radius 3 is 2.50 bits per heavy atom. The summed E-state index contributed by atoms with van der Waals surface area (Å²) in [5, 5.41) is 15.8. The van der Waals surface area contributed by atoms with Gasteiger partial charge in [0.15, 0.2) is 0 Å². The van der Waals surface area contributed by atoms with Crippen LogP contribution in [0.25, 0.3) is 0 Å². The highest BCUT2D eigenvalue weighted by molar-refractivity contribution is 4.84. The summed E-state index contributed by atoms with van der Waals surface area (Å²) in [6, 6.07) is 0.939. The maximum absolute atomic E-state index is 7.99. The highest BCUT2D eigenvalue weighted by atomic mass is 16.3. The molecule has 6 heavy (non-hydrogen) atoms. The SMILES string of the molecule is N#C[C@H](N)CO. The van der Waals surface area contributed by atoms with E-state index in [1.807, 2.05) is 0 Å². The molecule has 0 aliphatic rings. The third-order valence-corrected chi connectivity index (χ3v) is 0.363. The molecular formula is C3H6N2O. The molecule has 3 N–H and O–H groups in total. The molecule has 0 unspecified atom stereocenters. The van der Waals surface area contributed by atoms with E-state index in [-0.39, 0.29) is 6.61 Å². The van der Waals surface area contributed by atoms with Crippen LogP contribution in [0.3, 0.4) is 0 Å². The summed E-state index contributed by atoms with van der Waals surface area (Å²) in [5.74, 6) is 0. The molecule has 0 saturated carbocycles. The van der Waals surface area contributed by atoms with Gasteiger partial charge < -0.3 is 10.8 Å². The Balaban J connectivity index is 3.04. The first kappa shape index (κ1) is 5.41. The Morgan fingerprint density at radius 1 is 2.00 bits per heavy atom. The van der Waals surface area contributed by atoms with Gasteiger partial charge in [0.2, 0.25) is 0 Å². The fraction of sp³-hybridized carbons (Fsp3) is 0.667. The van der Waals surface area contributed by atoms with E-state index in [2.05, 4.69) is 0 Å². The summed E-state index contributed by atoms with van der Waals surface area (Å²) in [5.41, 5.74) is 4.86. The predicted molar refractivity (Wildman–Crippen MR) is 20.7 cm³/mol. The fourth-order valence-electron chi connectivity index (χ4n) is 0.0408. The van der Waals surface area contributed by atoms with Gasteiger partial charge in [-0.05, 0) is 0 Å². The van der Waals surface area contributed by atoms with Gasteiger partial charge >= 0.3 is 0 Å². The summed E-state index contributed by atoms with van der Waals surface area (Å²) in [4.78, 5) is 0. The van der Waals surface area contributed by atoms with Crippen molar-refractivity contribution >= 4 is 0 Å². The maximum atomic E-state index is 7.99. The van der Waals surface area contributed by atoms with Crippen LogP contribution < -0.4 is 5.73 Å². The van der Waals surface area contributed by atoms with Crippen molar-refractivity contribution in [1.82, 2.24) is 0 Å². The maximum Gasteiger partial charge on any atom is 0.116 e. The van der Waals surface area contributed by atoms with Crippen molar-refractivity contribution in [2.75, 3.05) is 6.61 Å². The van der Waals surface area contributed by atoms with E-state index >= 15 is 0 Å². The number of nitrogens with zero attached hydrogens (tertiary/aromatic N) is 1. The van der Waals surface area contributed by atoms with E-state index in [0.717, 1.165) is 0 Å². The second-order valence-corrected chi connectivity index (χ2v) is 0.918. The molecule has 0 spiro atoms. The van der Waals surface area contributed by atoms with E-state index in [9.17, 15) is 0 Å². The largest absolute Gasteiger partial charge is 0.394 e. The van der Waals surface area contributed by atoms with Crippen molar-refractivity contribution in [2.45, 2.75) is 6.04 Å². The number of hydrogen-bond donors (Lipinski definition) is 2. The van der Waals surface area contributed by atoms with Crippen LogP contribution in [-0.2, 0) is 0 Å². The van der Waals surface area contributed by atoms with Gasteiger partial charge in [-0.3, -0.25) is 0 Å². The second-order valence-electron chi connectivity index (χ2n) is 0.918. The zero-order valence-electron chi connectivity index (χ0n) is 3.26. The number of nitrogens with two attached hydrogens (primary N) is 1. The van der Waals surface area contributed by atoms with Gasteiger partial charge in [-0.1, -0.05) is 0 Å². The zero-order chi connectivity index (χ0) is 4.99. The summed E-state index contributed by atoms with van der Waals surface area (Å²) in [6.07, 6.45) is 0. The molecule has 0 heterocycles. The Bertz CT molecular complexity index is 65.7. The smallest absolute Gasteiger partial charge is 0.116 e. The molecule has 0 aromatic rings. The first-order valence-electron chi connectivity index (χ1n) is 1.57. The number of hydrogen-bond acceptors (Lipinski definition) is 3. The lowest BCUT2D eigenvalue weighted by Gasteiger charge is -1.88. The summed E-state index contributed by atoms with van der Waals surface area (Å²) < 4.78 is 0. The van der Waals surface area contributed by atoms with Crippen molar-refractivity contribution in [2.24, 2.45) is 5.73 Å². The van der Waals surface area contributed by atoms with Gasteiger partial charge in [0.1, 0.15) is 6.04 Å². The molecule has 0 aliphatic carbocycles. The van der Waals surface area contributed by atoms with E-state index < -0.39 is 6.04 Å². The van der Waals surface area contributed by atoms with Crippen molar-refractivity contribution < 1.29 is 5.11 Å². The molecule has 1 atom stereocenters. The summed E-state index contributed by atoms with van der Waals surface area (Å²) in [6.45, 7) is -0.253. The van der Waals surface area contributed by atoms with Crippen LogP contribution in [0.5, 0.6) is 0 Å². The Hall–Kier alpha value is -0.590. The minimum atomic E-state index is -0.704. The van der Waals surface area contributed by atoms with Crippen molar-refractivity contribution in [3.8, 4) is 6.07 Å². The summed E-state index contributed by atoms with van der Waals surface area (Å²) >= 11 is 0. The molecule has 0 radical (unpaired) electrons. The van der Waals surface area contributed by atoms with Crippen LogP contribution in [0.15, 0.2) is 0 Å². The quantitative estimate of drug-likeness (QED) is 0.422. The van der Waals surface area contributed by atoms with Crippen LogP contribution in [0.2, 0.25) is 0 Å². The van der Waals surface area contributed by atoms with Crippen LogP contribution in [0.4, 0.5) is 0 Å². The monoisotopic (exact) mass is 86.0 g/mol. The molecule has 0 aliphatic heterocycles. The van der Waals surface area contributed by atoms with Crippen LogP contribution in [0.1, 0.15) is 0 Å². The van der Waals surface area contributed by atoms with E-state index in [4.69, 9.17) is 16.1 Å². The lowest BCUT2D eigenvalue weighted by molar-refractivity contribution is 0.286. The zero-order valence-corrected chi connectivity index (χ0v) is 3.26. The molecule has 3 heteroatoms. The molecular weight excluding hydrogens is 80.0 g/mol. The molecule has 0 aromatic heterocycles. The lowest BCUT2D eigenvalue weighted by Crippen LogP contribution is -2.21. The molecule has 0 fully saturated rings. The van der Waals surface area contributed by atoms with Crippen LogP contribution in [-0.4, -0.2) is 17.8 Å². The molecule has 3 nitrogen and oxygen atoms in total. The number of aliphatic hydroxyl groups excluding tert-OH is 1. The van der Waals surface area contributed by atoms with Crippen molar-refractivity contribution in [3.05, 3.63) is 0 Å². The Morgan fingerprint density at radius 2 is 2.50 bits per heavy atom. The minimum absolute atomic E-state index is 0.253. The number of rotatable bonds is 1. The van der Waals surface area contributed by atoms with Crippen molar-refractivity contribution in [3.63, 3.8) is 0 Å². The number of aliphatic hydroxyl groups is 1. The number of nitriles is 1. The van der Waals surface area contributed by atoms with Gasteiger partial charge in [-0.25, -0.2) is 0 Å². The van der Waals surface area contributed by atoms with Gasteiger partial charge in [0.05, 0.1) is 12.7 Å². The van der Waals surface area contributed by atoms with Crippen LogP contribution >= 0.6 is 0 Å². The van der Waals surface area contributed by atoms with Gasteiger partial charge in [-0.2, -0.15) is 5.26 Å². The van der Waals surface area contributed by atoms with Gasteiger partial charge in [0.25, 0.3) is 0 Å². The average molecular weight is 86.1 g/mol. The Kier molecular flexibility index (Phi) is 2.38. The third kappa shape index (κ3) is 1.70. The summed E-state index contributed by atoms with van der Waals surface area (Å²) in [7, 11) is 0. The first-order valence-corrected chi connectivity index (χ1v) is 1.57. The van der Waals surface area contributed by atoms with E-state index in [1.54, 1.807) is 6.07 Å². The molecule has 0 saturated heterocycles. The van der Waals surface area contributed by atoms with Gasteiger partial charge in [0, 0.05) is 0 Å². The van der Waals surface area contributed by atoms with E-state index in [1.165, 1.54) is 0 Å². The standard InChI is InChI=1S/C3H6N2O/c4-1-3(5)2-6/h3,6H,2,5H2/t3-/m0/s1. The normalized spacial score (nSPS) is 12.8. The highest BCUT2D eigenvalue weighted by Gasteiger charge is 1.90. The van der Waals surface area contributed by atoms with Crippen molar-refractivity contribution in [1.29, 1.82) is 5.26 Å². The van der Waals surface area contributed by atoms with E-state index in [0.29, 0.717) is 0 Å². The molecule has 0 aromatic carbocycles. The Labute approximate surface area is 36.0 Å². The molecule has 0 rings (SSSR count). The van der Waals surface area contributed by atoms with Crippen LogP contribution in [0, 0.1) is 11.3 Å². The van der Waals surface area contributed by atoms with Gasteiger partial charge in [-0.15, -0.1) is 0 Å². The first-order chi connectivity index (χ1) is 2.81. The second kappa shape index (κ2) is 2.64. The molecule has 0 bridgehead atoms. The fourth-order valence-corrected chi connectivity index (χ4v) is 0.0408.